The number of hydrogen-bond donors (Lipinski definition) is 1. The van der Waals surface area contributed by atoms with Crippen molar-refractivity contribution in [1.82, 2.24) is 0 Å². The van der Waals surface area contributed by atoms with Gasteiger partial charge in [-0.2, -0.15) is 0 Å². The molecule has 0 aromatic carbocycles. The Hall–Kier alpha value is -0.630. The predicted molar refractivity (Wildman–Crippen MR) is 87.3 cm³/mol. The van der Waals surface area contributed by atoms with Crippen molar-refractivity contribution in [3.8, 4) is 0 Å². The normalized spacial score (nSPS) is 50.9. The van der Waals surface area contributed by atoms with Gasteiger partial charge in [-0.05, 0) is 85.5 Å². The first-order valence-electron chi connectivity index (χ1n) is 9.34. The van der Waals surface area contributed by atoms with Crippen molar-refractivity contribution in [3.05, 3.63) is 11.6 Å². The van der Waals surface area contributed by atoms with Gasteiger partial charge in [0.2, 0.25) is 0 Å². The number of hydrogen-bond acceptors (Lipinski definition) is 2. The van der Waals surface area contributed by atoms with Crippen molar-refractivity contribution in [3.63, 3.8) is 0 Å². The maximum Gasteiger partial charge on any atom is 0.155 e. The number of aliphatic hydroxyl groups is 1. The Morgan fingerprint density at radius 2 is 1.91 bits per heavy atom. The number of carbonyl (C=O) groups is 1. The second kappa shape index (κ2) is 4.93. The van der Waals surface area contributed by atoms with Crippen molar-refractivity contribution >= 4 is 5.78 Å². The topological polar surface area (TPSA) is 37.3 Å². The van der Waals surface area contributed by atoms with Crippen LogP contribution in [0.25, 0.3) is 0 Å². The molecule has 3 fully saturated rings. The second-order valence-corrected chi connectivity index (χ2v) is 8.97. The zero-order valence-electron chi connectivity index (χ0n) is 14.1. The first-order valence-corrected chi connectivity index (χ1v) is 9.34. The minimum Gasteiger partial charge on any atom is -0.396 e. The lowest BCUT2D eigenvalue weighted by Crippen LogP contribution is -2.50. The highest BCUT2D eigenvalue weighted by Crippen LogP contribution is 2.66. The first kappa shape index (κ1) is 14.9. The van der Waals surface area contributed by atoms with E-state index in [1.165, 1.54) is 37.7 Å². The van der Waals surface area contributed by atoms with Crippen molar-refractivity contribution in [2.45, 2.75) is 65.2 Å². The summed E-state index contributed by atoms with van der Waals surface area (Å²) >= 11 is 0. The molecule has 0 bridgehead atoms. The summed E-state index contributed by atoms with van der Waals surface area (Å²) in [7, 11) is 0. The Labute approximate surface area is 134 Å². The number of rotatable bonds is 1. The van der Waals surface area contributed by atoms with Gasteiger partial charge in [0, 0.05) is 13.0 Å². The molecule has 0 spiro atoms. The van der Waals surface area contributed by atoms with Gasteiger partial charge in [-0.1, -0.05) is 19.4 Å². The molecule has 6 atom stereocenters. The van der Waals surface area contributed by atoms with Gasteiger partial charge in [-0.3, -0.25) is 4.79 Å². The summed E-state index contributed by atoms with van der Waals surface area (Å²) in [6, 6.07) is 0. The van der Waals surface area contributed by atoms with Gasteiger partial charge in [-0.15, -0.1) is 0 Å². The van der Waals surface area contributed by atoms with Crippen LogP contribution in [-0.2, 0) is 4.79 Å². The number of fused-ring (bicyclic) bond motifs is 5. The van der Waals surface area contributed by atoms with Crippen molar-refractivity contribution in [2.24, 2.45) is 34.5 Å². The highest BCUT2D eigenvalue weighted by Gasteiger charge is 2.58. The van der Waals surface area contributed by atoms with Crippen LogP contribution in [0.2, 0.25) is 0 Å². The molecule has 2 heteroatoms. The molecule has 0 amide bonds. The Morgan fingerprint density at radius 3 is 2.68 bits per heavy atom. The second-order valence-electron chi connectivity index (χ2n) is 8.97. The molecule has 2 nitrogen and oxygen atoms in total. The summed E-state index contributed by atoms with van der Waals surface area (Å²) in [6.45, 7) is 5.28. The molecule has 4 rings (SSSR count). The van der Waals surface area contributed by atoms with Crippen molar-refractivity contribution in [1.29, 1.82) is 0 Å². The van der Waals surface area contributed by atoms with E-state index in [1.807, 2.05) is 6.08 Å². The van der Waals surface area contributed by atoms with E-state index in [2.05, 4.69) is 13.8 Å². The van der Waals surface area contributed by atoms with Crippen LogP contribution < -0.4 is 0 Å². The summed E-state index contributed by atoms with van der Waals surface area (Å²) in [5.74, 6) is 3.28. The van der Waals surface area contributed by atoms with E-state index in [4.69, 9.17) is 0 Å². The van der Waals surface area contributed by atoms with Crippen LogP contribution in [-0.4, -0.2) is 17.5 Å². The molecule has 0 saturated heterocycles. The smallest absolute Gasteiger partial charge is 0.155 e. The van der Waals surface area contributed by atoms with Gasteiger partial charge in [0.1, 0.15) is 0 Å². The minimum atomic E-state index is 0.287. The quantitative estimate of drug-likeness (QED) is 0.791. The Balaban J connectivity index is 1.67. The number of ketones is 1. The van der Waals surface area contributed by atoms with E-state index >= 15 is 0 Å². The molecule has 22 heavy (non-hydrogen) atoms. The molecule has 0 radical (unpaired) electrons. The molecule has 1 N–H and O–H groups in total. The van der Waals surface area contributed by atoms with E-state index < -0.39 is 0 Å². The largest absolute Gasteiger partial charge is 0.396 e. The molecule has 122 valence electrons. The SMILES string of the molecule is C[C@]12CC[C@H]3[C@@H](CCC4=CC(=O)CC[C@@]43C)[C@@H]1CC[C@@H]2CO. The molecule has 4 aliphatic rings. The summed E-state index contributed by atoms with van der Waals surface area (Å²) in [5, 5.41) is 9.79. The minimum absolute atomic E-state index is 0.287. The van der Waals surface area contributed by atoms with Gasteiger partial charge in [0.05, 0.1) is 0 Å². The number of allylic oxidation sites excluding steroid dienone is 1. The van der Waals surface area contributed by atoms with Crippen molar-refractivity contribution in [2.75, 3.05) is 6.61 Å². The van der Waals surface area contributed by atoms with E-state index in [0.29, 0.717) is 23.7 Å². The number of carbonyl (C=O) groups excluding carboxylic acids is 1. The highest BCUT2D eigenvalue weighted by molar-refractivity contribution is 5.91. The highest BCUT2D eigenvalue weighted by atomic mass is 16.3. The Bertz CT molecular complexity index is 522. The summed E-state index contributed by atoms with van der Waals surface area (Å²) in [6.07, 6.45) is 11.4. The molecule has 0 aromatic heterocycles. The monoisotopic (exact) mass is 302 g/mol. The molecule has 0 heterocycles. The van der Waals surface area contributed by atoms with E-state index in [1.54, 1.807) is 0 Å². The lowest BCUT2D eigenvalue weighted by molar-refractivity contribution is -0.117. The van der Waals surface area contributed by atoms with Crippen molar-refractivity contribution < 1.29 is 9.90 Å². The average Bonchev–Trinajstić information content (AvgIpc) is 2.84. The molecule has 0 unspecified atom stereocenters. The molecule has 3 saturated carbocycles. The standard InChI is InChI=1S/C20H30O2/c1-19-9-7-15(22)11-13(19)3-5-16-17-6-4-14(12-21)20(17,2)10-8-18(16)19/h11,14,16-18,21H,3-10,12H2,1-2H3/t14-,16+,17+,18+,19+,20-/m1/s1. The zero-order chi connectivity index (χ0) is 15.5. The van der Waals surface area contributed by atoms with Gasteiger partial charge >= 0.3 is 0 Å². The fourth-order valence-electron chi connectivity index (χ4n) is 6.97. The summed E-state index contributed by atoms with van der Waals surface area (Å²) in [5.41, 5.74) is 2.12. The molecule has 0 aromatic rings. The summed E-state index contributed by atoms with van der Waals surface area (Å²) in [4.78, 5) is 11.8. The maximum absolute atomic E-state index is 11.8. The lowest BCUT2D eigenvalue weighted by atomic mass is 9.47. The van der Waals surface area contributed by atoms with Crippen LogP contribution in [0.15, 0.2) is 11.6 Å². The van der Waals surface area contributed by atoms with Crippen LogP contribution in [0.3, 0.4) is 0 Å². The molecular weight excluding hydrogens is 272 g/mol. The van der Waals surface area contributed by atoms with Gasteiger partial charge in [-0.25, -0.2) is 0 Å². The Morgan fingerprint density at radius 1 is 1.09 bits per heavy atom. The lowest BCUT2D eigenvalue weighted by Gasteiger charge is -2.58. The van der Waals surface area contributed by atoms with Crippen LogP contribution >= 0.6 is 0 Å². The molecule has 0 aliphatic heterocycles. The zero-order valence-corrected chi connectivity index (χ0v) is 14.1. The average molecular weight is 302 g/mol. The van der Waals surface area contributed by atoms with E-state index in [0.717, 1.165) is 37.0 Å². The van der Waals surface area contributed by atoms with Gasteiger partial charge in [0.15, 0.2) is 5.78 Å². The van der Waals surface area contributed by atoms with E-state index in [9.17, 15) is 9.90 Å². The van der Waals surface area contributed by atoms with Crippen LogP contribution in [0.1, 0.15) is 65.2 Å². The first-order chi connectivity index (χ1) is 10.5. The van der Waals surface area contributed by atoms with Crippen LogP contribution in [0, 0.1) is 34.5 Å². The number of aliphatic hydroxyl groups excluding tert-OH is 1. The maximum atomic E-state index is 11.8. The Kier molecular flexibility index (Phi) is 3.35. The van der Waals surface area contributed by atoms with Crippen LogP contribution in [0.5, 0.6) is 0 Å². The third-order valence-electron chi connectivity index (χ3n) is 8.38. The predicted octanol–water partition coefficient (Wildman–Crippen LogP) is 4.13. The van der Waals surface area contributed by atoms with Gasteiger partial charge < -0.3 is 5.11 Å². The fraction of sp³-hybridized carbons (Fsp3) is 0.850. The third kappa shape index (κ3) is 1.85. The third-order valence-corrected chi connectivity index (χ3v) is 8.38. The van der Waals surface area contributed by atoms with Gasteiger partial charge in [0.25, 0.3) is 0 Å². The molecular formula is C20H30O2. The van der Waals surface area contributed by atoms with E-state index in [-0.39, 0.29) is 5.41 Å². The molecule has 4 aliphatic carbocycles. The summed E-state index contributed by atoms with van der Waals surface area (Å²) < 4.78 is 0. The van der Waals surface area contributed by atoms with Crippen LogP contribution in [0.4, 0.5) is 0 Å². The fourth-order valence-corrected chi connectivity index (χ4v) is 6.97.